The van der Waals surface area contributed by atoms with E-state index in [1.165, 1.54) is 0 Å². The van der Waals surface area contributed by atoms with E-state index in [0.717, 1.165) is 44.8 Å². The highest BCUT2D eigenvalue weighted by Crippen LogP contribution is 2.30. The monoisotopic (exact) mass is 335 g/mol. The molecule has 0 radical (unpaired) electrons. The Hall–Kier alpha value is -1.56. The van der Waals surface area contributed by atoms with E-state index in [2.05, 4.69) is 13.0 Å². The number of carbonyl (C=O) groups is 1. The van der Waals surface area contributed by atoms with Crippen molar-refractivity contribution in [3.63, 3.8) is 0 Å². The maximum atomic E-state index is 12.3. The number of carbonyl (C=O) groups excluding carboxylic acids is 1. The third-order valence-electron chi connectivity index (χ3n) is 4.60. The summed E-state index contributed by atoms with van der Waals surface area (Å²) in [6, 6.07) is 2.09. The van der Waals surface area contributed by atoms with Crippen molar-refractivity contribution in [2.45, 2.75) is 58.6 Å². The molecule has 2 aliphatic heterocycles. The molecule has 1 unspecified atom stereocenters. The highest BCUT2D eigenvalue weighted by molar-refractivity contribution is 5.68. The van der Waals surface area contributed by atoms with E-state index in [1.807, 2.05) is 36.5 Å². The number of nitrogens with zero attached hydrogens (tertiary/aromatic N) is 3. The molecule has 0 bridgehead atoms. The van der Waals surface area contributed by atoms with Gasteiger partial charge >= 0.3 is 6.09 Å². The molecule has 134 valence electrons. The minimum atomic E-state index is -0.452. The molecular weight excluding hydrogens is 306 g/mol. The zero-order chi connectivity index (χ0) is 17.4. The number of ether oxygens (including phenoxy) is 2. The first kappa shape index (κ1) is 17.3. The first-order chi connectivity index (χ1) is 11.2. The zero-order valence-corrected chi connectivity index (χ0v) is 15.2. The van der Waals surface area contributed by atoms with Crippen LogP contribution in [0.5, 0.6) is 0 Å². The number of hydrogen-bond donors (Lipinski definition) is 0. The Balaban J connectivity index is 1.60. The lowest BCUT2D eigenvalue weighted by Gasteiger charge is -2.37. The number of amides is 1. The van der Waals surface area contributed by atoms with E-state index in [-0.39, 0.29) is 17.4 Å². The summed E-state index contributed by atoms with van der Waals surface area (Å²) in [6.07, 6.45) is 3.88. The Kier molecular flexibility index (Phi) is 4.60. The van der Waals surface area contributed by atoms with Crippen LogP contribution in [0.4, 0.5) is 4.79 Å². The van der Waals surface area contributed by atoms with Gasteiger partial charge in [0.05, 0.1) is 25.5 Å². The fourth-order valence-electron chi connectivity index (χ4n) is 3.33. The lowest BCUT2D eigenvalue weighted by Crippen LogP contribution is -2.43. The van der Waals surface area contributed by atoms with Gasteiger partial charge in [-0.05, 0) is 39.7 Å². The molecule has 1 atom stereocenters. The number of rotatable bonds is 3. The minimum Gasteiger partial charge on any atom is -0.444 e. The molecule has 24 heavy (non-hydrogen) atoms. The largest absolute Gasteiger partial charge is 0.444 e. The molecule has 0 aliphatic carbocycles. The maximum absolute atomic E-state index is 12.3. The van der Waals surface area contributed by atoms with Gasteiger partial charge in [0.2, 0.25) is 0 Å². The summed E-state index contributed by atoms with van der Waals surface area (Å²) in [4.78, 5) is 14.1. The van der Waals surface area contributed by atoms with Crippen LogP contribution in [-0.2, 0) is 16.0 Å². The first-order valence-corrected chi connectivity index (χ1v) is 8.83. The Morgan fingerprint density at radius 3 is 2.83 bits per heavy atom. The third kappa shape index (κ3) is 4.09. The highest BCUT2D eigenvalue weighted by atomic mass is 16.6. The van der Waals surface area contributed by atoms with Crippen LogP contribution in [0.15, 0.2) is 12.3 Å². The molecule has 6 nitrogen and oxygen atoms in total. The van der Waals surface area contributed by atoms with Gasteiger partial charge in [-0.25, -0.2) is 4.79 Å². The second-order valence-corrected chi connectivity index (χ2v) is 8.51. The second kappa shape index (κ2) is 6.39. The van der Waals surface area contributed by atoms with E-state index in [4.69, 9.17) is 14.6 Å². The fourth-order valence-corrected chi connectivity index (χ4v) is 3.33. The van der Waals surface area contributed by atoms with Crippen molar-refractivity contribution in [2.24, 2.45) is 5.41 Å². The van der Waals surface area contributed by atoms with Crippen molar-refractivity contribution in [2.75, 3.05) is 26.3 Å². The van der Waals surface area contributed by atoms with Crippen molar-refractivity contribution < 1.29 is 14.3 Å². The number of aromatic nitrogens is 2. The summed E-state index contributed by atoms with van der Waals surface area (Å²) < 4.78 is 12.8. The van der Waals surface area contributed by atoms with Gasteiger partial charge in [0.1, 0.15) is 5.60 Å². The van der Waals surface area contributed by atoms with Gasteiger partial charge in [-0.1, -0.05) is 6.92 Å². The molecule has 3 rings (SSSR count). The molecule has 0 aromatic carbocycles. The summed E-state index contributed by atoms with van der Waals surface area (Å²) in [7, 11) is 0. The van der Waals surface area contributed by atoms with Crippen LogP contribution in [0.3, 0.4) is 0 Å². The number of hydrogen-bond acceptors (Lipinski definition) is 4. The quantitative estimate of drug-likeness (QED) is 0.852. The normalized spacial score (nSPS) is 23.7. The number of piperidine rings is 1. The van der Waals surface area contributed by atoms with E-state index in [1.54, 1.807) is 0 Å². The topological polar surface area (TPSA) is 56.6 Å². The molecule has 6 heteroatoms. The average Bonchev–Trinajstić information content (AvgIpc) is 2.92. The summed E-state index contributed by atoms with van der Waals surface area (Å²) in [5, 5.41) is 4.75. The maximum Gasteiger partial charge on any atom is 0.410 e. The summed E-state index contributed by atoms with van der Waals surface area (Å²) in [5.74, 6) is 0.290. The summed E-state index contributed by atoms with van der Waals surface area (Å²) in [5.41, 5.74) is 0.830. The molecule has 0 N–H and O–H groups in total. The first-order valence-electron chi connectivity index (χ1n) is 8.83. The fraction of sp³-hybridized carbons (Fsp3) is 0.778. The predicted octanol–water partition coefficient (Wildman–Crippen LogP) is 3.03. The molecule has 2 saturated heterocycles. The van der Waals surface area contributed by atoms with Crippen LogP contribution in [0.1, 0.15) is 52.1 Å². The SMILES string of the molecule is CC1(Cn2ccc(C3CCCN(C(=O)OC(C)(C)C)C3)n2)COC1. The van der Waals surface area contributed by atoms with Crippen molar-refractivity contribution in [3.8, 4) is 0 Å². The van der Waals surface area contributed by atoms with Crippen LogP contribution < -0.4 is 0 Å². The van der Waals surface area contributed by atoms with Crippen molar-refractivity contribution in [3.05, 3.63) is 18.0 Å². The predicted molar refractivity (Wildman–Crippen MR) is 90.9 cm³/mol. The van der Waals surface area contributed by atoms with Crippen molar-refractivity contribution in [1.82, 2.24) is 14.7 Å². The molecule has 1 amide bonds. The van der Waals surface area contributed by atoms with Crippen LogP contribution in [0, 0.1) is 5.41 Å². The van der Waals surface area contributed by atoms with E-state index in [9.17, 15) is 4.79 Å². The van der Waals surface area contributed by atoms with E-state index >= 15 is 0 Å². The smallest absolute Gasteiger partial charge is 0.410 e. The summed E-state index contributed by atoms with van der Waals surface area (Å²) >= 11 is 0. The molecule has 1 aromatic heterocycles. The van der Waals surface area contributed by atoms with Gasteiger partial charge in [0.15, 0.2) is 0 Å². The molecule has 3 heterocycles. The average molecular weight is 335 g/mol. The second-order valence-electron chi connectivity index (χ2n) is 8.51. The van der Waals surface area contributed by atoms with E-state index in [0.29, 0.717) is 6.54 Å². The third-order valence-corrected chi connectivity index (χ3v) is 4.60. The standard InChI is InChI=1S/C18H29N3O3/c1-17(2,3)24-16(22)20-8-5-6-14(10-20)15-7-9-21(19-15)11-18(4)12-23-13-18/h7,9,14H,5-6,8,10-13H2,1-4H3. The van der Waals surface area contributed by atoms with Gasteiger partial charge < -0.3 is 14.4 Å². The molecule has 1 aromatic rings. The van der Waals surface area contributed by atoms with Gasteiger partial charge in [0, 0.05) is 30.6 Å². The lowest BCUT2D eigenvalue weighted by atomic mass is 9.89. The molecule has 0 spiro atoms. The van der Waals surface area contributed by atoms with Gasteiger partial charge in [-0.15, -0.1) is 0 Å². The minimum absolute atomic E-state index is 0.207. The van der Waals surface area contributed by atoms with Crippen LogP contribution in [-0.4, -0.2) is 52.7 Å². The van der Waals surface area contributed by atoms with Crippen molar-refractivity contribution >= 4 is 6.09 Å². The molecule has 2 fully saturated rings. The van der Waals surface area contributed by atoms with Gasteiger partial charge in [-0.3, -0.25) is 4.68 Å². The molecular formula is C18H29N3O3. The molecule has 0 saturated carbocycles. The Labute approximate surface area is 144 Å². The zero-order valence-electron chi connectivity index (χ0n) is 15.2. The van der Waals surface area contributed by atoms with Crippen molar-refractivity contribution in [1.29, 1.82) is 0 Å². The Bertz CT molecular complexity index is 587. The van der Waals surface area contributed by atoms with Crippen LogP contribution in [0.2, 0.25) is 0 Å². The number of likely N-dealkylation sites (tertiary alicyclic amines) is 1. The van der Waals surface area contributed by atoms with Crippen LogP contribution in [0.25, 0.3) is 0 Å². The highest BCUT2D eigenvalue weighted by Gasteiger charge is 2.34. The van der Waals surface area contributed by atoms with Gasteiger partial charge in [-0.2, -0.15) is 5.10 Å². The lowest BCUT2D eigenvalue weighted by molar-refractivity contribution is -0.111. The Morgan fingerprint density at radius 1 is 1.46 bits per heavy atom. The van der Waals surface area contributed by atoms with Crippen LogP contribution >= 0.6 is 0 Å². The van der Waals surface area contributed by atoms with Gasteiger partial charge in [0.25, 0.3) is 0 Å². The molecule has 2 aliphatic rings. The Morgan fingerprint density at radius 2 is 2.21 bits per heavy atom. The summed E-state index contributed by atoms with van der Waals surface area (Å²) in [6.45, 7) is 11.9. The van der Waals surface area contributed by atoms with E-state index < -0.39 is 5.60 Å².